The van der Waals surface area contributed by atoms with Gasteiger partial charge in [-0.05, 0) is 17.7 Å². The van der Waals surface area contributed by atoms with Gasteiger partial charge in [-0.2, -0.15) is 0 Å². The second-order valence-corrected chi connectivity index (χ2v) is 5.88. The average Bonchev–Trinajstić information content (AvgIpc) is 2.74. The van der Waals surface area contributed by atoms with Crippen LogP contribution in [0.25, 0.3) is 0 Å². The first-order chi connectivity index (χ1) is 13.5. The Hall–Kier alpha value is -2.97. The summed E-state index contributed by atoms with van der Waals surface area (Å²) < 4.78 is 20.8. The van der Waals surface area contributed by atoms with E-state index in [0.29, 0.717) is 17.1 Å². The molecule has 0 aliphatic heterocycles. The summed E-state index contributed by atoms with van der Waals surface area (Å²) in [7, 11) is 4.34. The molecular weight excluding hydrogens is 366 g/mol. The molecule has 0 fully saturated rings. The Morgan fingerprint density at radius 2 is 1.64 bits per heavy atom. The first kappa shape index (κ1) is 21.3. The normalized spacial score (nSPS) is 12.6. The number of hydrogen-bond donors (Lipinski definition) is 3. The number of benzene rings is 2. The number of carbonyl (C=O) groups excluding carboxylic acids is 1. The summed E-state index contributed by atoms with van der Waals surface area (Å²) >= 11 is 0. The Labute approximate surface area is 163 Å². The van der Waals surface area contributed by atoms with Gasteiger partial charge < -0.3 is 34.5 Å². The lowest BCUT2D eigenvalue weighted by molar-refractivity contribution is 0.0169. The summed E-state index contributed by atoms with van der Waals surface area (Å²) in [6.07, 6.45) is -3.32. The van der Waals surface area contributed by atoms with Crippen LogP contribution >= 0.6 is 0 Å². The van der Waals surface area contributed by atoms with Gasteiger partial charge in [0.25, 0.3) is 0 Å². The van der Waals surface area contributed by atoms with Gasteiger partial charge in [-0.25, -0.2) is 4.79 Å². The summed E-state index contributed by atoms with van der Waals surface area (Å²) in [5.41, 5.74) is 1.14. The number of alkyl carbamates (subject to hydrolysis) is 1. The van der Waals surface area contributed by atoms with Crippen molar-refractivity contribution in [1.29, 1.82) is 0 Å². The molecule has 0 bridgehead atoms. The summed E-state index contributed by atoms with van der Waals surface area (Å²) in [4.78, 5) is 11.8. The molecule has 152 valence electrons. The first-order valence-electron chi connectivity index (χ1n) is 8.61. The topological polar surface area (TPSA) is 106 Å². The number of methoxy groups -OCH3 is 3. The van der Waals surface area contributed by atoms with Crippen molar-refractivity contribution in [3.05, 3.63) is 53.6 Å². The van der Waals surface area contributed by atoms with Crippen molar-refractivity contribution in [2.24, 2.45) is 0 Å². The van der Waals surface area contributed by atoms with E-state index < -0.39 is 18.3 Å². The minimum absolute atomic E-state index is 0.106. The van der Waals surface area contributed by atoms with Crippen LogP contribution in [0.3, 0.4) is 0 Å². The number of carbonyl (C=O) groups is 1. The zero-order chi connectivity index (χ0) is 20.5. The Morgan fingerprint density at radius 3 is 2.25 bits per heavy atom. The molecule has 8 nitrogen and oxygen atoms in total. The SMILES string of the molecule is COc1ccc(C(O)C(O)CNC(=O)OCc2ccccc2)c(OC)c1OC. The molecule has 8 heteroatoms. The second kappa shape index (κ2) is 10.4. The Morgan fingerprint density at radius 1 is 0.964 bits per heavy atom. The maximum absolute atomic E-state index is 11.8. The van der Waals surface area contributed by atoms with Gasteiger partial charge in [0.15, 0.2) is 11.5 Å². The van der Waals surface area contributed by atoms with Crippen LogP contribution in [0.1, 0.15) is 17.2 Å². The summed E-state index contributed by atoms with van der Waals surface area (Å²) in [6, 6.07) is 12.4. The highest BCUT2D eigenvalue weighted by Crippen LogP contribution is 2.42. The van der Waals surface area contributed by atoms with Gasteiger partial charge in [0.1, 0.15) is 18.8 Å². The van der Waals surface area contributed by atoms with E-state index in [1.54, 1.807) is 12.1 Å². The molecule has 0 aliphatic rings. The van der Waals surface area contributed by atoms with Crippen molar-refractivity contribution in [3.63, 3.8) is 0 Å². The minimum Gasteiger partial charge on any atom is -0.493 e. The van der Waals surface area contributed by atoms with Gasteiger partial charge in [-0.3, -0.25) is 0 Å². The van der Waals surface area contributed by atoms with Crippen LogP contribution < -0.4 is 19.5 Å². The Balaban J connectivity index is 1.96. The highest BCUT2D eigenvalue weighted by Gasteiger charge is 2.26. The van der Waals surface area contributed by atoms with E-state index in [1.807, 2.05) is 30.3 Å². The van der Waals surface area contributed by atoms with E-state index in [-0.39, 0.29) is 18.9 Å². The molecule has 2 rings (SSSR count). The van der Waals surface area contributed by atoms with Crippen molar-refractivity contribution in [2.75, 3.05) is 27.9 Å². The molecule has 2 aromatic carbocycles. The molecule has 0 saturated carbocycles. The molecule has 2 unspecified atom stereocenters. The fraction of sp³-hybridized carbons (Fsp3) is 0.350. The van der Waals surface area contributed by atoms with Crippen LogP contribution in [0.4, 0.5) is 4.79 Å². The number of ether oxygens (including phenoxy) is 4. The Bertz CT molecular complexity index is 767. The maximum Gasteiger partial charge on any atom is 0.407 e. The summed E-state index contributed by atoms with van der Waals surface area (Å²) in [5, 5.41) is 23.2. The second-order valence-electron chi connectivity index (χ2n) is 5.88. The van der Waals surface area contributed by atoms with Gasteiger partial charge in [0, 0.05) is 12.1 Å². The monoisotopic (exact) mass is 391 g/mol. The van der Waals surface area contributed by atoms with Crippen molar-refractivity contribution in [2.45, 2.75) is 18.8 Å². The van der Waals surface area contributed by atoms with Crippen molar-refractivity contribution in [3.8, 4) is 17.2 Å². The zero-order valence-corrected chi connectivity index (χ0v) is 16.0. The molecular formula is C20H25NO7. The predicted molar refractivity (Wildman–Crippen MR) is 102 cm³/mol. The molecule has 3 N–H and O–H groups in total. The maximum atomic E-state index is 11.8. The Kier molecular flexibility index (Phi) is 7.91. The van der Waals surface area contributed by atoms with E-state index in [1.165, 1.54) is 21.3 Å². The van der Waals surface area contributed by atoms with Crippen LogP contribution in [-0.2, 0) is 11.3 Å². The fourth-order valence-electron chi connectivity index (χ4n) is 2.64. The number of aliphatic hydroxyl groups is 2. The van der Waals surface area contributed by atoms with Gasteiger partial charge in [-0.15, -0.1) is 0 Å². The van der Waals surface area contributed by atoms with E-state index >= 15 is 0 Å². The highest BCUT2D eigenvalue weighted by molar-refractivity contribution is 5.67. The molecule has 0 radical (unpaired) electrons. The smallest absolute Gasteiger partial charge is 0.407 e. The quantitative estimate of drug-likeness (QED) is 0.600. The van der Waals surface area contributed by atoms with Crippen molar-refractivity contribution < 1.29 is 34.0 Å². The molecule has 0 aliphatic carbocycles. The number of aliphatic hydroxyl groups excluding tert-OH is 2. The van der Waals surface area contributed by atoms with Crippen LogP contribution in [0.15, 0.2) is 42.5 Å². The predicted octanol–water partition coefficient (Wildman–Crippen LogP) is 2.03. The number of nitrogens with one attached hydrogen (secondary N) is 1. The van der Waals surface area contributed by atoms with Gasteiger partial charge in [-0.1, -0.05) is 30.3 Å². The molecule has 2 atom stereocenters. The molecule has 0 aromatic heterocycles. The van der Waals surface area contributed by atoms with Crippen LogP contribution in [0, 0.1) is 0 Å². The van der Waals surface area contributed by atoms with Gasteiger partial charge in [0.2, 0.25) is 5.75 Å². The number of hydrogen-bond acceptors (Lipinski definition) is 7. The molecule has 1 amide bonds. The number of amides is 1. The van der Waals surface area contributed by atoms with Crippen molar-refractivity contribution in [1.82, 2.24) is 5.32 Å². The lowest BCUT2D eigenvalue weighted by Gasteiger charge is -2.22. The van der Waals surface area contributed by atoms with Crippen LogP contribution in [0.5, 0.6) is 17.2 Å². The fourth-order valence-corrected chi connectivity index (χ4v) is 2.64. The molecule has 28 heavy (non-hydrogen) atoms. The third-order valence-electron chi connectivity index (χ3n) is 4.09. The molecule has 0 heterocycles. The zero-order valence-electron chi connectivity index (χ0n) is 16.0. The first-order valence-corrected chi connectivity index (χ1v) is 8.61. The number of rotatable bonds is 9. The van der Waals surface area contributed by atoms with E-state index in [4.69, 9.17) is 18.9 Å². The minimum atomic E-state index is -1.33. The standard InChI is InChI=1S/C20H25NO7/c1-25-16-10-9-14(18(26-2)19(16)27-3)17(23)15(22)11-21-20(24)28-12-13-7-5-4-6-8-13/h4-10,15,17,22-23H,11-12H2,1-3H3,(H,21,24). The summed E-state index contributed by atoms with van der Waals surface area (Å²) in [6.45, 7) is -0.110. The van der Waals surface area contributed by atoms with E-state index in [9.17, 15) is 15.0 Å². The largest absolute Gasteiger partial charge is 0.493 e. The lowest BCUT2D eigenvalue weighted by atomic mass is 10.0. The van der Waals surface area contributed by atoms with E-state index in [0.717, 1.165) is 5.56 Å². The van der Waals surface area contributed by atoms with Crippen LogP contribution in [0.2, 0.25) is 0 Å². The molecule has 0 saturated heterocycles. The molecule has 0 spiro atoms. The van der Waals surface area contributed by atoms with Crippen molar-refractivity contribution >= 4 is 6.09 Å². The lowest BCUT2D eigenvalue weighted by Crippen LogP contribution is -2.35. The highest BCUT2D eigenvalue weighted by atomic mass is 16.5. The van der Waals surface area contributed by atoms with Gasteiger partial charge in [0.05, 0.1) is 21.3 Å². The molecule has 2 aromatic rings. The third kappa shape index (κ3) is 5.28. The average molecular weight is 391 g/mol. The van der Waals surface area contributed by atoms with Gasteiger partial charge >= 0.3 is 6.09 Å². The third-order valence-corrected chi connectivity index (χ3v) is 4.09. The summed E-state index contributed by atoms with van der Waals surface area (Å²) in [5.74, 6) is 0.955. The van der Waals surface area contributed by atoms with E-state index in [2.05, 4.69) is 5.32 Å². The van der Waals surface area contributed by atoms with Crippen LogP contribution in [-0.4, -0.2) is 50.3 Å².